The Labute approximate surface area is 107 Å². The number of carboxylic acid groups (broad SMARTS) is 2. The summed E-state index contributed by atoms with van der Waals surface area (Å²) in [4.78, 5) is 19.6. The standard InChI is InChI=1S/C12H16O2.C2H4O2/c1-12(2,9-11(13)14)8-10-6-4-3-5-7-10;1-2(3)4/h3-7H,8-9H2,1-2H3,(H,13,14);1H3,(H,3,4). The third kappa shape index (κ3) is 9.39. The summed E-state index contributed by atoms with van der Waals surface area (Å²) in [6, 6.07) is 9.99. The van der Waals surface area contributed by atoms with E-state index in [2.05, 4.69) is 0 Å². The minimum atomic E-state index is -0.833. The van der Waals surface area contributed by atoms with Gasteiger partial charge in [-0.25, -0.2) is 0 Å². The van der Waals surface area contributed by atoms with Gasteiger partial charge in [0, 0.05) is 6.92 Å². The molecule has 0 bridgehead atoms. The van der Waals surface area contributed by atoms with Crippen LogP contribution in [0.4, 0.5) is 0 Å². The van der Waals surface area contributed by atoms with Gasteiger partial charge in [0.2, 0.25) is 0 Å². The van der Waals surface area contributed by atoms with Crippen molar-refractivity contribution in [1.29, 1.82) is 0 Å². The van der Waals surface area contributed by atoms with Crippen molar-refractivity contribution in [3.8, 4) is 0 Å². The van der Waals surface area contributed by atoms with Gasteiger partial charge in [0.25, 0.3) is 5.97 Å². The summed E-state index contributed by atoms with van der Waals surface area (Å²) in [5.41, 5.74) is 1.02. The molecule has 0 aliphatic rings. The normalized spacial score (nSPS) is 10.2. The lowest BCUT2D eigenvalue weighted by Crippen LogP contribution is -2.19. The Morgan fingerprint density at radius 1 is 1.11 bits per heavy atom. The van der Waals surface area contributed by atoms with Crippen LogP contribution in [0.5, 0.6) is 0 Å². The molecule has 0 atom stereocenters. The summed E-state index contributed by atoms with van der Waals surface area (Å²) in [6.07, 6.45) is 1.02. The third-order valence-electron chi connectivity index (χ3n) is 2.16. The number of rotatable bonds is 4. The van der Waals surface area contributed by atoms with Gasteiger partial charge >= 0.3 is 5.97 Å². The first-order valence-electron chi connectivity index (χ1n) is 5.68. The molecule has 0 fully saturated rings. The molecule has 1 rings (SSSR count). The van der Waals surface area contributed by atoms with Gasteiger partial charge in [0.05, 0.1) is 6.42 Å². The number of carboxylic acids is 2. The van der Waals surface area contributed by atoms with E-state index in [-0.39, 0.29) is 11.8 Å². The summed E-state index contributed by atoms with van der Waals surface area (Å²) in [6.45, 7) is 5.04. The van der Waals surface area contributed by atoms with Crippen LogP contribution in [0.2, 0.25) is 0 Å². The first kappa shape index (κ1) is 16.2. The maximum atomic E-state index is 10.6. The first-order valence-corrected chi connectivity index (χ1v) is 5.68. The molecule has 2 N–H and O–H groups in total. The average molecular weight is 252 g/mol. The molecule has 0 unspecified atom stereocenters. The molecule has 1 aromatic carbocycles. The molecule has 0 aromatic heterocycles. The summed E-state index contributed by atoms with van der Waals surface area (Å²) >= 11 is 0. The first-order chi connectivity index (χ1) is 8.23. The Kier molecular flexibility index (Phi) is 6.71. The van der Waals surface area contributed by atoms with Crippen LogP contribution in [0.1, 0.15) is 32.8 Å². The molecule has 18 heavy (non-hydrogen) atoms. The Balaban J connectivity index is 0.000000631. The molecular formula is C14H20O4. The van der Waals surface area contributed by atoms with Crippen molar-refractivity contribution in [2.75, 3.05) is 0 Å². The lowest BCUT2D eigenvalue weighted by Gasteiger charge is -2.22. The number of aliphatic carboxylic acids is 2. The molecule has 0 saturated heterocycles. The van der Waals surface area contributed by atoms with Crippen LogP contribution in [-0.2, 0) is 16.0 Å². The van der Waals surface area contributed by atoms with E-state index in [0.717, 1.165) is 13.3 Å². The maximum Gasteiger partial charge on any atom is 0.303 e. The molecule has 100 valence electrons. The van der Waals surface area contributed by atoms with Gasteiger partial charge in [0.15, 0.2) is 0 Å². The number of hydrogen-bond acceptors (Lipinski definition) is 2. The summed E-state index contributed by atoms with van der Waals surface area (Å²) in [5, 5.41) is 16.1. The maximum absolute atomic E-state index is 10.6. The van der Waals surface area contributed by atoms with Gasteiger partial charge in [-0.05, 0) is 17.4 Å². The van der Waals surface area contributed by atoms with E-state index >= 15 is 0 Å². The molecule has 1 aromatic rings. The van der Waals surface area contributed by atoms with Gasteiger partial charge in [-0.1, -0.05) is 44.2 Å². The molecule has 0 saturated carbocycles. The van der Waals surface area contributed by atoms with E-state index in [1.54, 1.807) is 0 Å². The third-order valence-corrected chi connectivity index (χ3v) is 2.16. The Morgan fingerprint density at radius 3 is 1.94 bits per heavy atom. The molecule has 0 spiro atoms. The van der Waals surface area contributed by atoms with Crippen molar-refractivity contribution in [3.63, 3.8) is 0 Å². The van der Waals surface area contributed by atoms with E-state index in [0.29, 0.717) is 0 Å². The summed E-state index contributed by atoms with van der Waals surface area (Å²) in [5.74, 6) is -1.56. The van der Waals surface area contributed by atoms with Crippen molar-refractivity contribution in [2.45, 2.75) is 33.6 Å². The number of benzene rings is 1. The highest BCUT2D eigenvalue weighted by atomic mass is 16.4. The molecule has 0 aliphatic heterocycles. The zero-order valence-electron chi connectivity index (χ0n) is 11.0. The summed E-state index contributed by atoms with van der Waals surface area (Å²) in [7, 11) is 0. The minimum Gasteiger partial charge on any atom is -0.481 e. The number of carbonyl (C=O) groups is 2. The highest BCUT2D eigenvalue weighted by Crippen LogP contribution is 2.25. The molecule has 4 nitrogen and oxygen atoms in total. The SMILES string of the molecule is CC(=O)O.CC(C)(CC(=O)O)Cc1ccccc1. The Hall–Kier alpha value is -1.84. The fourth-order valence-electron chi connectivity index (χ4n) is 1.62. The van der Waals surface area contributed by atoms with Gasteiger partial charge < -0.3 is 10.2 Å². The Morgan fingerprint density at radius 2 is 1.56 bits per heavy atom. The van der Waals surface area contributed by atoms with Crippen LogP contribution < -0.4 is 0 Å². The fraction of sp³-hybridized carbons (Fsp3) is 0.429. The monoisotopic (exact) mass is 252 g/mol. The quantitative estimate of drug-likeness (QED) is 0.864. The highest BCUT2D eigenvalue weighted by molar-refractivity contribution is 5.67. The molecular weight excluding hydrogens is 232 g/mol. The molecule has 4 heteroatoms. The fourth-order valence-corrected chi connectivity index (χ4v) is 1.62. The predicted molar refractivity (Wildman–Crippen MR) is 69.5 cm³/mol. The number of hydrogen-bond donors (Lipinski definition) is 2. The lowest BCUT2D eigenvalue weighted by molar-refractivity contribution is -0.139. The molecule has 0 amide bonds. The van der Waals surface area contributed by atoms with Gasteiger partial charge in [-0.15, -0.1) is 0 Å². The topological polar surface area (TPSA) is 74.6 Å². The van der Waals surface area contributed by atoms with E-state index < -0.39 is 11.9 Å². The second kappa shape index (κ2) is 7.48. The van der Waals surface area contributed by atoms with Crippen LogP contribution in [0.25, 0.3) is 0 Å². The average Bonchev–Trinajstić information content (AvgIpc) is 2.14. The van der Waals surface area contributed by atoms with Gasteiger partial charge in [-0.3, -0.25) is 9.59 Å². The predicted octanol–water partition coefficient (Wildman–Crippen LogP) is 2.82. The van der Waals surface area contributed by atoms with E-state index in [1.165, 1.54) is 5.56 Å². The van der Waals surface area contributed by atoms with Crippen LogP contribution in [0.3, 0.4) is 0 Å². The Bertz CT molecular complexity index is 378. The van der Waals surface area contributed by atoms with E-state index in [1.807, 2.05) is 44.2 Å². The minimum absolute atomic E-state index is 0.173. The summed E-state index contributed by atoms with van der Waals surface area (Å²) < 4.78 is 0. The second-order valence-corrected chi connectivity index (χ2v) is 4.92. The van der Waals surface area contributed by atoms with Crippen molar-refractivity contribution < 1.29 is 19.8 Å². The van der Waals surface area contributed by atoms with Crippen molar-refractivity contribution in [1.82, 2.24) is 0 Å². The smallest absolute Gasteiger partial charge is 0.303 e. The van der Waals surface area contributed by atoms with Gasteiger partial charge in [0.1, 0.15) is 0 Å². The van der Waals surface area contributed by atoms with Crippen molar-refractivity contribution in [3.05, 3.63) is 35.9 Å². The van der Waals surface area contributed by atoms with Crippen LogP contribution in [0.15, 0.2) is 30.3 Å². The molecule has 0 aliphatic carbocycles. The van der Waals surface area contributed by atoms with Gasteiger partial charge in [-0.2, -0.15) is 0 Å². The largest absolute Gasteiger partial charge is 0.481 e. The van der Waals surface area contributed by atoms with Crippen molar-refractivity contribution in [2.24, 2.45) is 5.41 Å². The molecule has 0 heterocycles. The van der Waals surface area contributed by atoms with E-state index in [4.69, 9.17) is 15.0 Å². The zero-order valence-corrected chi connectivity index (χ0v) is 11.0. The van der Waals surface area contributed by atoms with Crippen LogP contribution in [-0.4, -0.2) is 22.2 Å². The highest BCUT2D eigenvalue weighted by Gasteiger charge is 2.21. The van der Waals surface area contributed by atoms with Crippen molar-refractivity contribution >= 4 is 11.9 Å². The second-order valence-electron chi connectivity index (χ2n) is 4.92. The zero-order chi connectivity index (χ0) is 14.2. The van der Waals surface area contributed by atoms with Crippen LogP contribution >= 0.6 is 0 Å². The van der Waals surface area contributed by atoms with E-state index in [9.17, 15) is 4.79 Å². The molecule has 0 radical (unpaired) electrons. The lowest BCUT2D eigenvalue weighted by atomic mass is 9.83. The van der Waals surface area contributed by atoms with Crippen LogP contribution in [0, 0.1) is 5.41 Å².